The van der Waals surface area contributed by atoms with Gasteiger partial charge >= 0.3 is 12.1 Å². The highest BCUT2D eigenvalue weighted by molar-refractivity contribution is 7.18. The molecule has 0 bridgehead atoms. The second kappa shape index (κ2) is 7.95. The summed E-state index contributed by atoms with van der Waals surface area (Å²) in [5.74, 6) is -1.11. The van der Waals surface area contributed by atoms with Crippen LogP contribution < -0.4 is 10.1 Å². The lowest BCUT2D eigenvalue weighted by Gasteiger charge is -2.08. The van der Waals surface area contributed by atoms with Crippen molar-refractivity contribution < 1.29 is 32.2 Å². The Morgan fingerprint density at radius 1 is 1.17 bits per heavy atom. The number of carbonyl (C=O) groups excluding carboxylic acids is 2. The summed E-state index contributed by atoms with van der Waals surface area (Å²) in [6.45, 7) is 0. The average Bonchev–Trinajstić information content (AvgIpc) is 3.33. The second-order valence-electron chi connectivity index (χ2n) is 5.65. The van der Waals surface area contributed by atoms with Gasteiger partial charge in [-0.3, -0.25) is 4.79 Å². The van der Waals surface area contributed by atoms with Crippen molar-refractivity contribution in [1.82, 2.24) is 9.78 Å². The molecule has 0 saturated heterocycles. The number of amides is 1. The van der Waals surface area contributed by atoms with Crippen LogP contribution in [0.2, 0.25) is 0 Å². The number of aromatic nitrogens is 2. The van der Waals surface area contributed by atoms with Crippen molar-refractivity contribution in [1.29, 1.82) is 0 Å². The number of carbonyl (C=O) groups is 2. The number of hydrogen-bond acceptors (Lipinski definition) is 6. The number of halogens is 3. The zero-order valence-electron chi connectivity index (χ0n) is 15.1. The van der Waals surface area contributed by atoms with E-state index >= 15 is 0 Å². The Labute approximate surface area is 166 Å². The monoisotopic (exact) mass is 425 g/mol. The fraction of sp³-hybridized carbons (Fsp3) is 0.167. The van der Waals surface area contributed by atoms with Crippen molar-refractivity contribution in [3.63, 3.8) is 0 Å². The van der Waals surface area contributed by atoms with Crippen LogP contribution in [0.3, 0.4) is 0 Å². The van der Waals surface area contributed by atoms with Crippen LogP contribution in [-0.4, -0.2) is 35.9 Å². The molecule has 1 amide bonds. The Kier molecular flexibility index (Phi) is 5.59. The highest BCUT2D eigenvalue weighted by Gasteiger charge is 2.30. The number of ether oxygens (including phenoxy) is 2. The van der Waals surface area contributed by atoms with Crippen molar-refractivity contribution in [2.45, 2.75) is 6.18 Å². The molecule has 0 radical (unpaired) electrons. The Morgan fingerprint density at radius 2 is 1.93 bits per heavy atom. The number of nitrogens with one attached hydrogen (secondary N) is 1. The molecule has 0 aliphatic heterocycles. The maximum absolute atomic E-state index is 12.9. The van der Waals surface area contributed by atoms with Crippen LogP contribution in [0, 0.1) is 0 Å². The lowest BCUT2D eigenvalue weighted by molar-refractivity contribution is -0.137. The van der Waals surface area contributed by atoms with E-state index in [1.165, 1.54) is 44.7 Å². The summed E-state index contributed by atoms with van der Waals surface area (Å²) >= 11 is 1.00. The van der Waals surface area contributed by atoms with Gasteiger partial charge in [0.25, 0.3) is 5.91 Å². The molecule has 152 valence electrons. The molecule has 3 rings (SSSR count). The topological polar surface area (TPSA) is 82.5 Å². The first-order valence-electron chi connectivity index (χ1n) is 8.03. The first kappa shape index (κ1) is 20.4. The molecule has 11 heteroatoms. The van der Waals surface area contributed by atoms with Crippen LogP contribution in [0.15, 0.2) is 42.6 Å². The SMILES string of the molecule is COC(=O)c1ccc(NC(=O)c2nn(-c3cccc(C(F)(F)F)c3)cc2OC)s1. The van der Waals surface area contributed by atoms with Gasteiger partial charge in [-0.05, 0) is 30.3 Å². The Bertz CT molecular complexity index is 1060. The van der Waals surface area contributed by atoms with E-state index in [1.807, 2.05) is 0 Å². The van der Waals surface area contributed by atoms with Crippen molar-refractivity contribution in [2.24, 2.45) is 0 Å². The largest absolute Gasteiger partial charge is 0.493 e. The third kappa shape index (κ3) is 4.40. The number of methoxy groups -OCH3 is 2. The maximum Gasteiger partial charge on any atom is 0.416 e. The Balaban J connectivity index is 1.87. The molecule has 2 aromatic heterocycles. The number of hydrogen-bond donors (Lipinski definition) is 1. The van der Waals surface area contributed by atoms with Crippen molar-refractivity contribution in [2.75, 3.05) is 19.5 Å². The molecule has 0 spiro atoms. The summed E-state index contributed by atoms with van der Waals surface area (Å²) < 4.78 is 49.7. The molecule has 3 aromatic rings. The highest BCUT2D eigenvalue weighted by atomic mass is 32.1. The Morgan fingerprint density at radius 3 is 2.59 bits per heavy atom. The summed E-state index contributed by atoms with van der Waals surface area (Å²) in [6.07, 6.45) is -3.21. The minimum absolute atomic E-state index is 0.0738. The number of anilines is 1. The maximum atomic E-state index is 12.9. The van der Waals surface area contributed by atoms with Crippen molar-refractivity contribution in [3.8, 4) is 11.4 Å². The standard InChI is InChI=1S/C18H14F3N3O4S/c1-27-12-9-24(11-5-3-4-10(8-11)18(19,20)21)23-15(12)16(25)22-14-7-6-13(29-14)17(26)28-2/h3-9H,1-2H3,(H,22,25). The van der Waals surface area contributed by atoms with E-state index in [1.54, 1.807) is 0 Å². The molecule has 1 aromatic carbocycles. The van der Waals surface area contributed by atoms with E-state index in [0.717, 1.165) is 28.2 Å². The fourth-order valence-electron chi connectivity index (χ4n) is 2.41. The highest BCUT2D eigenvalue weighted by Crippen LogP contribution is 2.31. The van der Waals surface area contributed by atoms with Gasteiger partial charge in [-0.25, -0.2) is 9.48 Å². The molecule has 0 saturated carbocycles. The molecule has 0 aliphatic rings. The van der Waals surface area contributed by atoms with E-state index in [4.69, 9.17) is 4.74 Å². The number of rotatable bonds is 5. The molecule has 0 unspecified atom stereocenters. The predicted octanol–water partition coefficient (Wildman–Crippen LogP) is 4.00. The molecule has 29 heavy (non-hydrogen) atoms. The second-order valence-corrected chi connectivity index (χ2v) is 6.73. The molecule has 0 aliphatic carbocycles. The molecular formula is C18H14F3N3O4S. The lowest BCUT2D eigenvalue weighted by Crippen LogP contribution is -2.13. The van der Waals surface area contributed by atoms with Gasteiger partial charge in [0.1, 0.15) is 4.88 Å². The van der Waals surface area contributed by atoms with Gasteiger partial charge in [0.2, 0.25) is 0 Å². The van der Waals surface area contributed by atoms with E-state index < -0.39 is 23.6 Å². The number of thiophene rings is 1. The van der Waals surface area contributed by atoms with Crippen LogP contribution in [0.5, 0.6) is 5.75 Å². The van der Waals surface area contributed by atoms with E-state index in [9.17, 15) is 22.8 Å². The van der Waals surface area contributed by atoms with Crippen LogP contribution in [-0.2, 0) is 10.9 Å². The van der Waals surface area contributed by atoms with Crippen LogP contribution in [0.1, 0.15) is 25.7 Å². The summed E-state index contributed by atoms with van der Waals surface area (Å²) in [5.41, 5.74) is -0.858. The third-order valence-corrected chi connectivity index (χ3v) is 4.76. The van der Waals surface area contributed by atoms with Gasteiger partial charge in [0, 0.05) is 0 Å². The van der Waals surface area contributed by atoms with Crippen molar-refractivity contribution >= 4 is 28.2 Å². The molecular weight excluding hydrogens is 411 g/mol. The van der Waals surface area contributed by atoms with Gasteiger partial charge < -0.3 is 14.8 Å². The van der Waals surface area contributed by atoms with Gasteiger partial charge in [0.15, 0.2) is 11.4 Å². The first-order chi connectivity index (χ1) is 13.7. The van der Waals surface area contributed by atoms with Gasteiger partial charge in [-0.15, -0.1) is 11.3 Å². The van der Waals surface area contributed by atoms with Gasteiger partial charge in [-0.1, -0.05) is 6.07 Å². The zero-order chi connectivity index (χ0) is 21.2. The molecule has 0 atom stereocenters. The first-order valence-corrected chi connectivity index (χ1v) is 8.85. The smallest absolute Gasteiger partial charge is 0.416 e. The van der Waals surface area contributed by atoms with Crippen LogP contribution in [0.4, 0.5) is 18.2 Å². The van der Waals surface area contributed by atoms with E-state index in [-0.39, 0.29) is 17.1 Å². The van der Waals surface area contributed by atoms with Crippen LogP contribution in [0.25, 0.3) is 5.69 Å². The summed E-state index contributed by atoms with van der Waals surface area (Å²) in [7, 11) is 2.55. The number of benzene rings is 1. The molecule has 1 N–H and O–H groups in total. The normalized spacial score (nSPS) is 11.2. The van der Waals surface area contributed by atoms with Gasteiger partial charge in [-0.2, -0.15) is 18.3 Å². The minimum Gasteiger partial charge on any atom is -0.493 e. The quantitative estimate of drug-likeness (QED) is 0.625. The molecule has 0 fully saturated rings. The van der Waals surface area contributed by atoms with Crippen LogP contribution >= 0.6 is 11.3 Å². The summed E-state index contributed by atoms with van der Waals surface area (Å²) in [5, 5.41) is 6.99. The molecule has 7 nitrogen and oxygen atoms in total. The summed E-state index contributed by atoms with van der Waals surface area (Å²) in [4.78, 5) is 24.4. The average molecular weight is 425 g/mol. The third-order valence-electron chi connectivity index (χ3n) is 3.78. The lowest BCUT2D eigenvalue weighted by atomic mass is 10.2. The number of nitrogens with zero attached hydrogens (tertiary/aromatic N) is 2. The zero-order valence-corrected chi connectivity index (χ0v) is 15.9. The number of alkyl halides is 3. The fourth-order valence-corrected chi connectivity index (χ4v) is 3.23. The summed E-state index contributed by atoms with van der Waals surface area (Å²) in [6, 6.07) is 7.52. The van der Waals surface area contributed by atoms with E-state index in [0.29, 0.717) is 9.88 Å². The van der Waals surface area contributed by atoms with Gasteiger partial charge in [0.05, 0.1) is 36.7 Å². The van der Waals surface area contributed by atoms with Crippen molar-refractivity contribution in [3.05, 3.63) is 58.7 Å². The molecule has 2 heterocycles. The predicted molar refractivity (Wildman–Crippen MR) is 98.7 cm³/mol. The minimum atomic E-state index is -4.51. The van der Waals surface area contributed by atoms with E-state index in [2.05, 4.69) is 15.2 Å². The Hall–Kier alpha value is -3.34. The number of esters is 1.